The Morgan fingerprint density at radius 3 is 2.59 bits per heavy atom. The van der Waals surface area contributed by atoms with Crippen molar-refractivity contribution in [3.63, 3.8) is 0 Å². The summed E-state index contributed by atoms with van der Waals surface area (Å²) in [4.78, 5) is 12.5. The summed E-state index contributed by atoms with van der Waals surface area (Å²) in [6, 6.07) is 9.31. The number of nitrogens with one attached hydrogen (secondary N) is 1. The number of alkyl halides is 3. The van der Waals surface area contributed by atoms with E-state index in [0.717, 1.165) is 17.7 Å². The molecule has 0 atom stereocenters. The summed E-state index contributed by atoms with van der Waals surface area (Å²) in [6.07, 6.45) is -2.81. The van der Waals surface area contributed by atoms with Crippen molar-refractivity contribution in [1.29, 1.82) is 0 Å². The van der Waals surface area contributed by atoms with Crippen LogP contribution >= 0.6 is 0 Å². The highest BCUT2D eigenvalue weighted by Gasteiger charge is 2.35. The average molecular weight is 426 g/mol. The molecule has 2 aromatic carbocycles. The van der Waals surface area contributed by atoms with Gasteiger partial charge in [0.1, 0.15) is 0 Å². The number of sulfonamides is 1. The van der Waals surface area contributed by atoms with Crippen molar-refractivity contribution in [3.8, 4) is 0 Å². The summed E-state index contributed by atoms with van der Waals surface area (Å²) < 4.78 is 66.0. The van der Waals surface area contributed by atoms with Gasteiger partial charge in [0.05, 0.1) is 22.6 Å². The van der Waals surface area contributed by atoms with E-state index in [-0.39, 0.29) is 11.4 Å². The lowest BCUT2D eigenvalue weighted by Gasteiger charge is -2.31. The maximum atomic E-state index is 13.2. The molecule has 1 heterocycles. The Morgan fingerprint density at radius 1 is 1.17 bits per heavy atom. The van der Waals surface area contributed by atoms with Crippen molar-refractivity contribution in [2.75, 3.05) is 21.9 Å². The van der Waals surface area contributed by atoms with Gasteiger partial charge in [0.2, 0.25) is 10.0 Å². The molecule has 9 heteroatoms. The Balaban J connectivity index is 1.92. The molecule has 0 saturated carbocycles. The van der Waals surface area contributed by atoms with Crippen LogP contribution in [0.4, 0.5) is 24.5 Å². The lowest BCUT2D eigenvalue weighted by Crippen LogP contribution is -2.37. The molecule has 0 aliphatic carbocycles. The number of anilines is 2. The van der Waals surface area contributed by atoms with Crippen LogP contribution in [0.5, 0.6) is 0 Å². The molecule has 0 fully saturated rings. The molecule has 0 saturated heterocycles. The largest absolute Gasteiger partial charge is 0.417 e. The van der Waals surface area contributed by atoms with E-state index in [9.17, 15) is 26.4 Å². The lowest BCUT2D eigenvalue weighted by atomic mass is 10.0. The number of nitrogens with zero attached hydrogens (tertiary/aromatic N) is 1. The number of amides is 1. The first kappa shape index (κ1) is 21.2. The monoisotopic (exact) mass is 426 g/mol. The summed E-state index contributed by atoms with van der Waals surface area (Å²) in [5, 5.41) is 2.46. The van der Waals surface area contributed by atoms with E-state index in [1.54, 1.807) is 19.1 Å². The van der Waals surface area contributed by atoms with E-state index < -0.39 is 33.2 Å². The van der Waals surface area contributed by atoms with E-state index in [2.05, 4.69) is 5.32 Å². The third kappa shape index (κ3) is 4.55. The Bertz CT molecular complexity index is 1020. The fraction of sp³-hybridized carbons (Fsp3) is 0.350. The number of fused-ring (bicyclic) bond motifs is 1. The molecule has 0 spiro atoms. The van der Waals surface area contributed by atoms with Crippen molar-refractivity contribution in [2.24, 2.45) is 0 Å². The first-order valence-corrected chi connectivity index (χ1v) is 10.9. The topological polar surface area (TPSA) is 66.5 Å². The van der Waals surface area contributed by atoms with Crippen LogP contribution in [0.15, 0.2) is 42.5 Å². The maximum Gasteiger partial charge on any atom is 0.417 e. The van der Waals surface area contributed by atoms with Gasteiger partial charge in [-0.25, -0.2) is 8.42 Å². The SMILES string of the molecule is CCCS(=O)(=O)N1CCCc2ccc(NC(=O)c3ccccc3C(F)(F)F)cc21. The minimum absolute atomic E-state index is 0.00197. The van der Waals surface area contributed by atoms with E-state index in [4.69, 9.17) is 0 Å². The van der Waals surface area contributed by atoms with Crippen molar-refractivity contribution in [3.05, 3.63) is 59.2 Å². The van der Waals surface area contributed by atoms with Gasteiger partial charge in [-0.05, 0) is 49.1 Å². The number of carbonyl (C=O) groups excluding carboxylic acids is 1. The second kappa shape index (κ2) is 8.06. The van der Waals surface area contributed by atoms with E-state index in [1.165, 1.54) is 22.5 Å². The number of halogens is 3. The van der Waals surface area contributed by atoms with Crippen LogP contribution in [0.2, 0.25) is 0 Å². The van der Waals surface area contributed by atoms with Crippen LogP contribution in [0, 0.1) is 0 Å². The summed E-state index contributed by atoms with van der Waals surface area (Å²) in [7, 11) is -3.50. The second-order valence-corrected chi connectivity index (χ2v) is 8.85. The molecule has 0 bridgehead atoms. The molecule has 1 aliphatic rings. The number of hydrogen-bond acceptors (Lipinski definition) is 3. The quantitative estimate of drug-likeness (QED) is 0.768. The molecule has 0 aromatic heterocycles. The fourth-order valence-corrected chi connectivity index (χ4v) is 5.02. The van der Waals surface area contributed by atoms with Crippen LogP contribution in [0.1, 0.15) is 41.3 Å². The van der Waals surface area contributed by atoms with Gasteiger partial charge < -0.3 is 5.32 Å². The molecule has 1 N–H and O–H groups in total. The Hall–Kier alpha value is -2.55. The summed E-state index contributed by atoms with van der Waals surface area (Å²) in [5.74, 6) is -0.904. The molecular weight excluding hydrogens is 405 g/mol. The number of carbonyl (C=O) groups is 1. The third-order valence-corrected chi connectivity index (χ3v) is 6.67. The van der Waals surface area contributed by atoms with Gasteiger partial charge >= 0.3 is 6.18 Å². The summed E-state index contributed by atoms with van der Waals surface area (Å²) >= 11 is 0. The zero-order valence-electron chi connectivity index (χ0n) is 15.8. The molecule has 2 aromatic rings. The standard InChI is InChI=1S/C20H21F3N2O3S/c1-2-12-29(27,28)25-11-5-6-14-9-10-15(13-18(14)25)24-19(26)16-7-3-4-8-17(16)20(21,22)23/h3-4,7-10,13H,2,5-6,11-12H2,1H3,(H,24,26). The van der Waals surface area contributed by atoms with E-state index in [0.29, 0.717) is 31.5 Å². The van der Waals surface area contributed by atoms with Gasteiger partial charge in [0.15, 0.2) is 0 Å². The Morgan fingerprint density at radius 2 is 1.90 bits per heavy atom. The van der Waals surface area contributed by atoms with Crippen molar-refractivity contribution >= 4 is 27.3 Å². The highest BCUT2D eigenvalue weighted by molar-refractivity contribution is 7.92. The van der Waals surface area contributed by atoms with Crippen molar-refractivity contribution < 1.29 is 26.4 Å². The number of aryl methyl sites for hydroxylation is 1. The lowest BCUT2D eigenvalue weighted by molar-refractivity contribution is -0.137. The molecular formula is C20H21F3N2O3S. The number of benzene rings is 2. The Labute approximate surface area is 167 Å². The predicted octanol–water partition coefficient (Wildman–Crippen LogP) is 4.45. The molecule has 3 rings (SSSR count). The zero-order chi connectivity index (χ0) is 21.2. The molecule has 29 heavy (non-hydrogen) atoms. The first-order chi connectivity index (χ1) is 13.6. The van der Waals surface area contributed by atoms with Crippen LogP contribution < -0.4 is 9.62 Å². The number of hydrogen-bond donors (Lipinski definition) is 1. The highest BCUT2D eigenvalue weighted by atomic mass is 32.2. The van der Waals surface area contributed by atoms with Gasteiger partial charge in [-0.15, -0.1) is 0 Å². The zero-order valence-corrected chi connectivity index (χ0v) is 16.6. The fourth-order valence-electron chi connectivity index (χ4n) is 3.40. The van der Waals surface area contributed by atoms with Gasteiger partial charge in [-0.1, -0.05) is 25.1 Å². The van der Waals surface area contributed by atoms with Gasteiger partial charge in [-0.3, -0.25) is 9.10 Å². The van der Waals surface area contributed by atoms with Crippen molar-refractivity contribution in [1.82, 2.24) is 0 Å². The molecule has 156 valence electrons. The molecule has 5 nitrogen and oxygen atoms in total. The number of rotatable bonds is 5. The van der Waals surface area contributed by atoms with E-state index >= 15 is 0 Å². The van der Waals surface area contributed by atoms with Crippen LogP contribution in [0.25, 0.3) is 0 Å². The second-order valence-electron chi connectivity index (χ2n) is 6.83. The normalized spacial score (nSPS) is 14.4. The van der Waals surface area contributed by atoms with Crippen LogP contribution in [0.3, 0.4) is 0 Å². The van der Waals surface area contributed by atoms with Crippen LogP contribution in [-0.2, 0) is 22.6 Å². The predicted molar refractivity (Wildman–Crippen MR) is 106 cm³/mol. The Kier molecular flexibility index (Phi) is 5.88. The van der Waals surface area contributed by atoms with Crippen molar-refractivity contribution in [2.45, 2.75) is 32.4 Å². The molecule has 1 amide bonds. The first-order valence-electron chi connectivity index (χ1n) is 9.24. The summed E-state index contributed by atoms with van der Waals surface area (Å²) in [5.41, 5.74) is 0.0105. The maximum absolute atomic E-state index is 13.2. The average Bonchev–Trinajstić information content (AvgIpc) is 2.66. The van der Waals surface area contributed by atoms with E-state index in [1.807, 2.05) is 0 Å². The molecule has 0 unspecified atom stereocenters. The smallest absolute Gasteiger partial charge is 0.322 e. The minimum atomic E-state index is -4.66. The molecule has 0 radical (unpaired) electrons. The summed E-state index contributed by atoms with van der Waals surface area (Å²) in [6.45, 7) is 2.11. The van der Waals surface area contributed by atoms with Gasteiger partial charge in [0.25, 0.3) is 5.91 Å². The van der Waals surface area contributed by atoms with Gasteiger partial charge in [0, 0.05) is 12.2 Å². The third-order valence-electron chi connectivity index (χ3n) is 4.69. The minimum Gasteiger partial charge on any atom is -0.322 e. The van der Waals surface area contributed by atoms with Crippen LogP contribution in [-0.4, -0.2) is 26.6 Å². The van der Waals surface area contributed by atoms with Gasteiger partial charge in [-0.2, -0.15) is 13.2 Å². The molecule has 1 aliphatic heterocycles. The highest BCUT2D eigenvalue weighted by Crippen LogP contribution is 2.34.